The molecule has 1 saturated carbocycles. The molecule has 0 aromatic heterocycles. The van der Waals surface area contributed by atoms with Crippen LogP contribution in [0.5, 0.6) is 0 Å². The van der Waals surface area contributed by atoms with Crippen LogP contribution in [0.25, 0.3) is 0 Å². The summed E-state index contributed by atoms with van der Waals surface area (Å²) in [5.41, 5.74) is 1.78. The number of hydrogen-bond donors (Lipinski definition) is 1. The predicted octanol–water partition coefficient (Wildman–Crippen LogP) is 3.94. The zero-order chi connectivity index (χ0) is 16.9. The van der Waals surface area contributed by atoms with Gasteiger partial charge in [-0.3, -0.25) is 4.90 Å². The van der Waals surface area contributed by atoms with Gasteiger partial charge in [-0.2, -0.15) is 0 Å². The van der Waals surface area contributed by atoms with Gasteiger partial charge in [0, 0.05) is 12.2 Å². The van der Waals surface area contributed by atoms with Crippen molar-refractivity contribution in [3.8, 4) is 0 Å². The Balaban J connectivity index is 1.70. The highest BCUT2D eigenvalue weighted by atomic mass is 16.6. The Labute approximate surface area is 140 Å². The molecule has 5 heteroatoms. The van der Waals surface area contributed by atoms with Gasteiger partial charge in [0.05, 0.1) is 5.56 Å². The molecule has 0 bridgehead atoms. The molecule has 0 spiro atoms. The summed E-state index contributed by atoms with van der Waals surface area (Å²) in [5, 5.41) is 8.98. The number of amides is 1. The van der Waals surface area contributed by atoms with Crippen LogP contribution in [-0.2, 0) is 11.3 Å². The lowest BCUT2D eigenvalue weighted by atomic mass is 10.2. The van der Waals surface area contributed by atoms with Crippen LogP contribution in [0.4, 0.5) is 10.5 Å². The van der Waals surface area contributed by atoms with E-state index in [9.17, 15) is 9.59 Å². The minimum Gasteiger partial charge on any atom is -0.478 e. The molecule has 0 atom stereocenters. The first-order valence-corrected chi connectivity index (χ1v) is 7.95. The van der Waals surface area contributed by atoms with Crippen LogP contribution in [0.3, 0.4) is 0 Å². The van der Waals surface area contributed by atoms with Gasteiger partial charge in [-0.1, -0.05) is 30.3 Å². The summed E-state index contributed by atoms with van der Waals surface area (Å²) in [7, 11) is 0. The van der Waals surface area contributed by atoms with Crippen molar-refractivity contribution in [2.45, 2.75) is 19.4 Å². The lowest BCUT2D eigenvalue weighted by Gasteiger charge is -2.22. The zero-order valence-electron chi connectivity index (χ0n) is 13.2. The molecule has 3 rings (SSSR count). The summed E-state index contributed by atoms with van der Waals surface area (Å²) in [6.07, 6.45) is 1.81. The monoisotopic (exact) mass is 325 g/mol. The molecule has 0 radical (unpaired) electrons. The van der Waals surface area contributed by atoms with E-state index in [1.54, 1.807) is 17.0 Å². The van der Waals surface area contributed by atoms with Crippen LogP contribution < -0.4 is 4.90 Å². The molecule has 1 N–H and O–H groups in total. The highest BCUT2D eigenvalue weighted by Gasteiger charge is 2.28. The molecule has 0 saturated heterocycles. The molecule has 1 amide bonds. The lowest BCUT2D eigenvalue weighted by molar-refractivity contribution is 0.0697. The largest absolute Gasteiger partial charge is 0.478 e. The Hall–Kier alpha value is -2.82. The van der Waals surface area contributed by atoms with Crippen molar-refractivity contribution >= 4 is 17.7 Å². The van der Waals surface area contributed by atoms with Crippen molar-refractivity contribution in [3.63, 3.8) is 0 Å². The van der Waals surface area contributed by atoms with E-state index in [4.69, 9.17) is 9.84 Å². The maximum atomic E-state index is 12.5. The first-order valence-electron chi connectivity index (χ1n) is 7.95. The van der Waals surface area contributed by atoms with Gasteiger partial charge in [0.1, 0.15) is 6.61 Å². The molecule has 24 heavy (non-hydrogen) atoms. The van der Waals surface area contributed by atoms with Crippen molar-refractivity contribution in [1.29, 1.82) is 0 Å². The molecule has 5 nitrogen and oxygen atoms in total. The second-order valence-corrected chi connectivity index (χ2v) is 5.95. The Morgan fingerprint density at radius 2 is 1.71 bits per heavy atom. The summed E-state index contributed by atoms with van der Waals surface area (Å²) < 4.78 is 5.42. The van der Waals surface area contributed by atoms with E-state index in [1.807, 2.05) is 30.3 Å². The summed E-state index contributed by atoms with van der Waals surface area (Å²) in [5.74, 6) is -0.490. The van der Waals surface area contributed by atoms with Crippen molar-refractivity contribution in [2.75, 3.05) is 11.4 Å². The Bertz CT molecular complexity index is 708. The number of benzene rings is 2. The second kappa shape index (κ2) is 7.17. The fraction of sp³-hybridized carbons (Fsp3) is 0.263. The van der Waals surface area contributed by atoms with Gasteiger partial charge in [-0.15, -0.1) is 0 Å². The van der Waals surface area contributed by atoms with Crippen molar-refractivity contribution in [1.82, 2.24) is 0 Å². The summed E-state index contributed by atoms with van der Waals surface area (Å²) in [6.45, 7) is 0.814. The first kappa shape index (κ1) is 16.1. The van der Waals surface area contributed by atoms with Gasteiger partial charge < -0.3 is 9.84 Å². The molecule has 0 aliphatic heterocycles. The van der Waals surface area contributed by atoms with Crippen LogP contribution in [0, 0.1) is 5.92 Å². The second-order valence-electron chi connectivity index (χ2n) is 5.95. The Morgan fingerprint density at radius 1 is 1.04 bits per heavy atom. The maximum Gasteiger partial charge on any atom is 0.414 e. The van der Waals surface area contributed by atoms with E-state index in [0.717, 1.165) is 18.4 Å². The summed E-state index contributed by atoms with van der Waals surface area (Å²) in [4.78, 5) is 25.0. The molecule has 0 heterocycles. The number of anilines is 1. The quantitative estimate of drug-likeness (QED) is 0.873. The molecule has 1 aliphatic carbocycles. The van der Waals surface area contributed by atoms with Gasteiger partial charge in [0.2, 0.25) is 0 Å². The third kappa shape index (κ3) is 4.13. The van der Waals surface area contributed by atoms with Gasteiger partial charge in [0.25, 0.3) is 0 Å². The fourth-order valence-electron chi connectivity index (χ4n) is 2.43. The van der Waals surface area contributed by atoms with Crippen molar-refractivity contribution in [2.24, 2.45) is 5.92 Å². The molecule has 1 fully saturated rings. The molecule has 0 unspecified atom stereocenters. The number of ether oxygens (including phenoxy) is 1. The number of carboxylic acid groups (broad SMARTS) is 1. The molecular formula is C19H19NO4. The SMILES string of the molecule is O=C(O)c1ccc(N(CC2CC2)C(=O)OCc2ccccc2)cc1. The van der Waals surface area contributed by atoms with Crippen LogP contribution >= 0.6 is 0 Å². The molecule has 124 valence electrons. The van der Waals surface area contributed by atoms with E-state index in [-0.39, 0.29) is 12.2 Å². The minimum atomic E-state index is -0.984. The van der Waals surface area contributed by atoms with Gasteiger partial charge in [-0.05, 0) is 48.6 Å². The molecule has 2 aromatic rings. The third-order valence-corrected chi connectivity index (χ3v) is 3.99. The minimum absolute atomic E-state index is 0.197. The number of carbonyl (C=O) groups is 2. The van der Waals surface area contributed by atoms with Gasteiger partial charge in [-0.25, -0.2) is 9.59 Å². The van der Waals surface area contributed by atoms with E-state index in [1.165, 1.54) is 12.1 Å². The first-order chi connectivity index (χ1) is 11.6. The predicted molar refractivity (Wildman–Crippen MR) is 90.1 cm³/mol. The number of hydrogen-bond acceptors (Lipinski definition) is 3. The smallest absolute Gasteiger partial charge is 0.414 e. The average molecular weight is 325 g/mol. The van der Waals surface area contributed by atoms with Gasteiger partial charge in [0.15, 0.2) is 0 Å². The van der Waals surface area contributed by atoms with Crippen LogP contribution in [0.15, 0.2) is 54.6 Å². The fourth-order valence-corrected chi connectivity index (χ4v) is 2.43. The number of nitrogens with zero attached hydrogens (tertiary/aromatic N) is 1. The lowest BCUT2D eigenvalue weighted by Crippen LogP contribution is -2.33. The van der Waals surface area contributed by atoms with E-state index in [0.29, 0.717) is 18.2 Å². The number of rotatable bonds is 6. The van der Waals surface area contributed by atoms with Crippen LogP contribution in [0.1, 0.15) is 28.8 Å². The third-order valence-electron chi connectivity index (χ3n) is 3.99. The van der Waals surface area contributed by atoms with E-state index < -0.39 is 12.1 Å². The normalized spacial score (nSPS) is 13.3. The van der Waals surface area contributed by atoms with Crippen LogP contribution in [-0.4, -0.2) is 23.7 Å². The average Bonchev–Trinajstić information content (AvgIpc) is 3.43. The molecule has 1 aliphatic rings. The highest BCUT2D eigenvalue weighted by molar-refractivity contribution is 5.91. The van der Waals surface area contributed by atoms with Crippen LogP contribution in [0.2, 0.25) is 0 Å². The number of carbonyl (C=O) groups excluding carboxylic acids is 1. The standard InChI is InChI=1S/C19H19NO4/c21-18(22)16-8-10-17(11-9-16)20(12-14-6-7-14)19(23)24-13-15-4-2-1-3-5-15/h1-5,8-11,14H,6-7,12-13H2,(H,21,22). The molecule has 2 aromatic carbocycles. The molecular weight excluding hydrogens is 306 g/mol. The Morgan fingerprint density at radius 3 is 2.29 bits per heavy atom. The van der Waals surface area contributed by atoms with Crippen molar-refractivity contribution in [3.05, 3.63) is 65.7 Å². The Kier molecular flexibility index (Phi) is 4.79. The zero-order valence-corrected chi connectivity index (χ0v) is 13.2. The topological polar surface area (TPSA) is 66.8 Å². The van der Waals surface area contributed by atoms with Crippen molar-refractivity contribution < 1.29 is 19.4 Å². The summed E-state index contributed by atoms with van der Waals surface area (Å²) in [6, 6.07) is 15.8. The van der Waals surface area contributed by atoms with Gasteiger partial charge >= 0.3 is 12.1 Å². The van der Waals surface area contributed by atoms with E-state index in [2.05, 4.69) is 0 Å². The highest BCUT2D eigenvalue weighted by Crippen LogP contribution is 2.32. The maximum absolute atomic E-state index is 12.5. The number of aromatic carboxylic acids is 1. The number of carboxylic acids is 1. The van der Waals surface area contributed by atoms with E-state index >= 15 is 0 Å². The summed E-state index contributed by atoms with van der Waals surface area (Å²) >= 11 is 0.